The van der Waals surface area contributed by atoms with Gasteiger partial charge in [-0.1, -0.05) is 41.6 Å². The number of aromatic nitrogens is 2. The summed E-state index contributed by atoms with van der Waals surface area (Å²) in [4.78, 5) is 8.26. The fourth-order valence-electron chi connectivity index (χ4n) is 1.89. The lowest BCUT2D eigenvalue weighted by molar-refractivity contribution is 0.305. The van der Waals surface area contributed by atoms with E-state index >= 15 is 0 Å². The maximum absolute atomic E-state index is 6.20. The molecule has 122 valence electrons. The number of thioether (sulfide) groups is 1. The van der Waals surface area contributed by atoms with E-state index in [1.54, 1.807) is 18.5 Å². The first-order chi connectivity index (χ1) is 11.8. The Hall–Kier alpha value is -2.24. The molecule has 0 fully saturated rings. The Kier molecular flexibility index (Phi) is 5.93. The molecule has 3 aromatic rings. The van der Waals surface area contributed by atoms with Crippen LogP contribution in [0, 0.1) is 0 Å². The van der Waals surface area contributed by atoms with Gasteiger partial charge < -0.3 is 9.47 Å². The second-order valence-corrected chi connectivity index (χ2v) is 6.23. The highest BCUT2D eigenvalue weighted by Crippen LogP contribution is 2.25. The number of ether oxygens (including phenoxy) is 2. The molecular weight excluding hydrogens is 344 g/mol. The molecular formula is C18H15ClN2O2S. The van der Waals surface area contributed by atoms with Gasteiger partial charge >= 0.3 is 0 Å². The minimum absolute atomic E-state index is 0.473. The zero-order valence-electron chi connectivity index (χ0n) is 12.7. The van der Waals surface area contributed by atoms with E-state index in [0.29, 0.717) is 16.7 Å². The van der Waals surface area contributed by atoms with Gasteiger partial charge in [-0.3, -0.25) is 0 Å². The normalized spacial score (nSPS) is 11.7. The molecule has 0 aliphatic rings. The molecule has 1 aromatic heterocycles. The van der Waals surface area contributed by atoms with E-state index in [-0.39, 0.29) is 0 Å². The first kappa shape index (κ1) is 16.6. The van der Waals surface area contributed by atoms with Gasteiger partial charge in [0.2, 0.25) is 0 Å². The Morgan fingerprint density at radius 2 is 1.46 bits per heavy atom. The van der Waals surface area contributed by atoms with Crippen LogP contribution in [0.2, 0.25) is 0 Å². The van der Waals surface area contributed by atoms with Gasteiger partial charge in [-0.15, -0.1) is 0 Å². The van der Waals surface area contributed by atoms with E-state index in [2.05, 4.69) is 9.97 Å². The van der Waals surface area contributed by atoms with Crippen molar-refractivity contribution in [2.75, 3.05) is 5.75 Å². The summed E-state index contributed by atoms with van der Waals surface area (Å²) in [5.41, 5.74) is -0.473. The van der Waals surface area contributed by atoms with Crippen LogP contribution >= 0.6 is 23.4 Å². The summed E-state index contributed by atoms with van der Waals surface area (Å²) in [5.74, 6) is 2.77. The highest BCUT2D eigenvalue weighted by atomic mass is 35.5. The summed E-state index contributed by atoms with van der Waals surface area (Å²) < 4.78 is 11.4. The van der Waals surface area contributed by atoms with Crippen LogP contribution in [0.15, 0.2) is 78.2 Å². The van der Waals surface area contributed by atoms with Crippen molar-refractivity contribution in [3.05, 3.63) is 73.1 Å². The van der Waals surface area contributed by atoms with Gasteiger partial charge in [0.1, 0.15) is 17.2 Å². The maximum atomic E-state index is 6.20. The van der Waals surface area contributed by atoms with Crippen LogP contribution in [0.4, 0.5) is 0 Å². The van der Waals surface area contributed by atoms with E-state index < -0.39 is 5.56 Å². The molecule has 4 nitrogen and oxygen atoms in total. The zero-order valence-corrected chi connectivity index (χ0v) is 14.3. The SMILES string of the molecule is ClC(CSc1ncccn1)Oc1ccc(Oc2ccccc2)cc1. The third-order valence-electron chi connectivity index (χ3n) is 2.95. The summed E-state index contributed by atoms with van der Waals surface area (Å²) in [6.07, 6.45) is 3.40. The van der Waals surface area contributed by atoms with Crippen molar-refractivity contribution in [3.8, 4) is 17.2 Å². The van der Waals surface area contributed by atoms with Gasteiger partial charge in [-0.2, -0.15) is 0 Å². The number of nitrogens with zero attached hydrogens (tertiary/aromatic N) is 2. The summed E-state index contributed by atoms with van der Waals surface area (Å²) in [5, 5.41) is 0.679. The van der Waals surface area contributed by atoms with Gasteiger partial charge in [0.05, 0.1) is 5.75 Å². The van der Waals surface area contributed by atoms with Crippen molar-refractivity contribution >= 4 is 23.4 Å². The zero-order chi connectivity index (χ0) is 16.6. The Balaban J connectivity index is 1.50. The Bertz CT molecular complexity index is 742. The smallest absolute Gasteiger partial charge is 0.187 e. The minimum atomic E-state index is -0.473. The standard InChI is InChI=1S/C18H15ClN2O2S/c19-17(13-24-18-20-11-4-12-21-18)23-16-9-7-15(8-10-16)22-14-5-2-1-3-6-14/h1-12,17H,13H2. The van der Waals surface area contributed by atoms with E-state index in [1.165, 1.54) is 11.8 Å². The van der Waals surface area contributed by atoms with Gasteiger partial charge in [0.15, 0.2) is 10.7 Å². The fraction of sp³-hybridized carbons (Fsp3) is 0.111. The van der Waals surface area contributed by atoms with Crippen molar-refractivity contribution in [2.45, 2.75) is 10.7 Å². The fourth-order valence-corrected chi connectivity index (χ4v) is 2.80. The Labute approximate surface area is 149 Å². The topological polar surface area (TPSA) is 44.2 Å². The van der Waals surface area contributed by atoms with Gasteiger partial charge in [-0.05, 0) is 42.5 Å². The van der Waals surface area contributed by atoms with E-state index in [0.717, 1.165) is 11.5 Å². The number of halogens is 1. The van der Waals surface area contributed by atoms with Crippen molar-refractivity contribution in [2.24, 2.45) is 0 Å². The van der Waals surface area contributed by atoms with Crippen molar-refractivity contribution in [1.29, 1.82) is 0 Å². The lowest BCUT2D eigenvalue weighted by Crippen LogP contribution is -2.11. The number of benzene rings is 2. The van der Waals surface area contributed by atoms with E-state index in [4.69, 9.17) is 21.1 Å². The van der Waals surface area contributed by atoms with Crippen LogP contribution in [0.25, 0.3) is 0 Å². The largest absolute Gasteiger partial charge is 0.474 e. The van der Waals surface area contributed by atoms with Crippen LogP contribution < -0.4 is 9.47 Å². The lowest BCUT2D eigenvalue weighted by Gasteiger charge is -2.12. The van der Waals surface area contributed by atoms with Crippen LogP contribution in [0.1, 0.15) is 0 Å². The van der Waals surface area contributed by atoms with Crippen LogP contribution in [-0.2, 0) is 0 Å². The third-order valence-corrected chi connectivity index (χ3v) is 4.32. The molecule has 6 heteroatoms. The molecule has 0 saturated carbocycles. The molecule has 0 aliphatic heterocycles. The molecule has 1 atom stereocenters. The lowest BCUT2D eigenvalue weighted by atomic mass is 10.3. The van der Waals surface area contributed by atoms with Crippen LogP contribution in [-0.4, -0.2) is 21.3 Å². The number of rotatable bonds is 7. The summed E-state index contributed by atoms with van der Waals surface area (Å²) in [6, 6.07) is 18.7. The molecule has 0 amide bonds. The Morgan fingerprint density at radius 3 is 2.17 bits per heavy atom. The molecule has 3 rings (SSSR count). The van der Waals surface area contributed by atoms with E-state index in [9.17, 15) is 0 Å². The summed E-state index contributed by atoms with van der Waals surface area (Å²) in [7, 11) is 0. The monoisotopic (exact) mass is 358 g/mol. The van der Waals surface area contributed by atoms with Crippen LogP contribution in [0.5, 0.6) is 17.2 Å². The predicted molar refractivity (Wildman–Crippen MR) is 96.0 cm³/mol. The molecule has 0 radical (unpaired) electrons. The molecule has 24 heavy (non-hydrogen) atoms. The van der Waals surface area contributed by atoms with Crippen LogP contribution in [0.3, 0.4) is 0 Å². The molecule has 2 aromatic carbocycles. The molecule has 1 unspecified atom stereocenters. The quantitative estimate of drug-likeness (QED) is 0.337. The van der Waals surface area contributed by atoms with Crippen molar-refractivity contribution in [1.82, 2.24) is 9.97 Å². The molecule has 0 bridgehead atoms. The average molecular weight is 359 g/mol. The number of hydrogen-bond donors (Lipinski definition) is 0. The average Bonchev–Trinajstić information content (AvgIpc) is 2.63. The van der Waals surface area contributed by atoms with Crippen molar-refractivity contribution < 1.29 is 9.47 Å². The van der Waals surface area contributed by atoms with Gasteiger partial charge in [0, 0.05) is 12.4 Å². The van der Waals surface area contributed by atoms with E-state index in [1.807, 2.05) is 54.6 Å². The highest BCUT2D eigenvalue weighted by Gasteiger charge is 2.09. The summed E-state index contributed by atoms with van der Waals surface area (Å²) in [6.45, 7) is 0. The van der Waals surface area contributed by atoms with Gasteiger partial charge in [-0.25, -0.2) is 9.97 Å². The van der Waals surface area contributed by atoms with Crippen molar-refractivity contribution in [3.63, 3.8) is 0 Å². The minimum Gasteiger partial charge on any atom is -0.474 e. The molecule has 0 N–H and O–H groups in total. The summed E-state index contributed by atoms with van der Waals surface area (Å²) >= 11 is 7.65. The first-order valence-corrected chi connectivity index (χ1v) is 8.75. The second-order valence-electron chi connectivity index (χ2n) is 4.76. The number of para-hydroxylation sites is 1. The Morgan fingerprint density at radius 1 is 0.833 bits per heavy atom. The molecule has 0 aliphatic carbocycles. The molecule has 1 heterocycles. The number of alkyl halides is 1. The third kappa shape index (κ3) is 5.15. The first-order valence-electron chi connectivity index (χ1n) is 7.33. The highest BCUT2D eigenvalue weighted by molar-refractivity contribution is 7.99. The maximum Gasteiger partial charge on any atom is 0.187 e. The molecule has 0 spiro atoms. The number of hydrogen-bond acceptors (Lipinski definition) is 5. The predicted octanol–water partition coefficient (Wildman–Crippen LogP) is 5.00. The second kappa shape index (κ2) is 8.57. The molecule has 0 saturated heterocycles. The van der Waals surface area contributed by atoms with Gasteiger partial charge in [0.25, 0.3) is 0 Å².